The van der Waals surface area contributed by atoms with Gasteiger partial charge in [-0.25, -0.2) is 0 Å². The molecule has 0 saturated heterocycles. The molecule has 8 heteroatoms. The van der Waals surface area contributed by atoms with Gasteiger partial charge < -0.3 is 34.1 Å². The van der Waals surface area contributed by atoms with Gasteiger partial charge in [-0.05, 0) is 23.3 Å². The summed E-state index contributed by atoms with van der Waals surface area (Å²) in [5, 5.41) is 24.8. The first kappa shape index (κ1) is 24.9. The monoisotopic (exact) mass is 505 g/mol. The van der Waals surface area contributed by atoms with Crippen molar-refractivity contribution in [2.75, 3.05) is 35.4 Å². The first-order valence-corrected chi connectivity index (χ1v) is 12.0. The second-order valence-electron chi connectivity index (χ2n) is 9.63. The summed E-state index contributed by atoms with van der Waals surface area (Å²) in [7, 11) is 7.84. The molecule has 0 spiro atoms. The van der Waals surface area contributed by atoms with E-state index in [1.807, 2.05) is 30.3 Å². The van der Waals surface area contributed by atoms with Crippen molar-refractivity contribution in [3.05, 3.63) is 83.4 Å². The number of hydrogen-bond donors (Lipinski definition) is 2. The molecule has 2 N–H and O–H groups in total. The highest BCUT2D eigenvalue weighted by Crippen LogP contribution is 2.70. The van der Waals surface area contributed by atoms with Gasteiger partial charge in [-0.3, -0.25) is 4.79 Å². The first-order valence-electron chi connectivity index (χ1n) is 12.0. The Hall–Kier alpha value is -3.75. The van der Waals surface area contributed by atoms with Gasteiger partial charge in [-0.2, -0.15) is 0 Å². The van der Waals surface area contributed by atoms with Gasteiger partial charge in [0.2, 0.25) is 5.91 Å². The van der Waals surface area contributed by atoms with Crippen molar-refractivity contribution in [3.63, 3.8) is 0 Å². The fourth-order valence-corrected chi connectivity index (χ4v) is 6.08. The number of ether oxygens (including phenoxy) is 4. The molecule has 0 aromatic heterocycles. The summed E-state index contributed by atoms with van der Waals surface area (Å²) in [5.74, 6) is -0.426. The standard InChI is InChI=1S/C29H31NO7/c1-30(2)27(32)23-24(17-9-7-6-8-10-17)29(18-11-13-19(34-3)14-12-18)28(33,26(23)31)25-21(36-5)15-20(35-4)16-22(25)37-29/h6-16,23-24,26,31,33H,1-5H3/t23-,24-,26-,28?,29+/m1/s1. The van der Waals surface area contributed by atoms with Crippen LogP contribution in [0.25, 0.3) is 0 Å². The fraction of sp³-hybridized carbons (Fsp3) is 0.345. The van der Waals surface area contributed by atoms with Crippen molar-refractivity contribution in [2.45, 2.75) is 23.2 Å². The topological polar surface area (TPSA) is 97.7 Å². The number of aliphatic hydroxyl groups is 2. The molecule has 1 aliphatic carbocycles. The molecule has 5 atom stereocenters. The molecule has 0 radical (unpaired) electrons. The summed E-state index contributed by atoms with van der Waals surface area (Å²) >= 11 is 0. The Kier molecular flexibility index (Phi) is 6.04. The van der Waals surface area contributed by atoms with Gasteiger partial charge in [0.25, 0.3) is 0 Å². The molecule has 1 unspecified atom stereocenters. The number of benzene rings is 3. The summed E-state index contributed by atoms with van der Waals surface area (Å²) in [6.45, 7) is 0. The van der Waals surface area contributed by atoms with Crippen LogP contribution in [-0.2, 0) is 16.0 Å². The SMILES string of the molecule is COc1ccc([C@@]23Oc4cc(OC)cc(OC)c4C2(O)[C@H](O)[C@H](C(=O)N(C)C)[C@H]3c2ccccc2)cc1. The van der Waals surface area contributed by atoms with E-state index in [0.717, 1.165) is 5.56 Å². The third-order valence-electron chi connectivity index (χ3n) is 7.68. The van der Waals surface area contributed by atoms with Crippen LogP contribution < -0.4 is 18.9 Å². The van der Waals surface area contributed by atoms with Crippen LogP contribution in [0.5, 0.6) is 23.0 Å². The van der Waals surface area contributed by atoms with Gasteiger partial charge in [0.15, 0.2) is 11.2 Å². The number of carbonyl (C=O) groups excluding carboxylic acids is 1. The molecule has 3 aromatic carbocycles. The van der Waals surface area contributed by atoms with Crippen LogP contribution in [0.2, 0.25) is 0 Å². The maximum absolute atomic E-state index is 13.7. The van der Waals surface area contributed by atoms with E-state index in [0.29, 0.717) is 22.8 Å². The summed E-state index contributed by atoms with van der Waals surface area (Å²) in [6, 6.07) is 19.8. The minimum absolute atomic E-state index is 0.272. The number of hydrogen-bond acceptors (Lipinski definition) is 7. The highest BCUT2D eigenvalue weighted by Gasteiger charge is 2.78. The Bertz CT molecular complexity index is 1310. The van der Waals surface area contributed by atoms with E-state index in [4.69, 9.17) is 18.9 Å². The Morgan fingerprint density at radius 1 is 0.919 bits per heavy atom. The van der Waals surface area contributed by atoms with E-state index in [-0.39, 0.29) is 17.2 Å². The summed E-state index contributed by atoms with van der Waals surface area (Å²) < 4.78 is 23.3. The van der Waals surface area contributed by atoms with Crippen molar-refractivity contribution in [1.82, 2.24) is 4.90 Å². The number of carbonyl (C=O) groups is 1. The molecule has 194 valence electrons. The van der Waals surface area contributed by atoms with Crippen molar-refractivity contribution in [3.8, 4) is 23.0 Å². The first-order chi connectivity index (χ1) is 17.7. The van der Waals surface area contributed by atoms with E-state index in [9.17, 15) is 15.0 Å². The predicted octanol–water partition coefficient (Wildman–Crippen LogP) is 3.05. The average Bonchev–Trinajstić information content (AvgIpc) is 3.30. The van der Waals surface area contributed by atoms with Crippen molar-refractivity contribution in [2.24, 2.45) is 5.92 Å². The second kappa shape index (κ2) is 8.97. The number of methoxy groups -OCH3 is 3. The number of amides is 1. The van der Waals surface area contributed by atoms with Gasteiger partial charge in [-0.1, -0.05) is 42.5 Å². The third-order valence-corrected chi connectivity index (χ3v) is 7.68. The van der Waals surface area contributed by atoms with Gasteiger partial charge in [0.1, 0.15) is 29.1 Å². The van der Waals surface area contributed by atoms with Crippen molar-refractivity contribution in [1.29, 1.82) is 0 Å². The van der Waals surface area contributed by atoms with Crippen LogP contribution in [0.3, 0.4) is 0 Å². The van der Waals surface area contributed by atoms with Crippen molar-refractivity contribution >= 4 is 5.91 Å². The van der Waals surface area contributed by atoms with Crippen LogP contribution in [0.1, 0.15) is 22.6 Å². The lowest BCUT2D eigenvalue weighted by atomic mass is 9.70. The quantitative estimate of drug-likeness (QED) is 0.532. The Morgan fingerprint density at radius 3 is 2.14 bits per heavy atom. The molecule has 0 bridgehead atoms. The Balaban J connectivity index is 1.88. The number of nitrogens with zero attached hydrogens (tertiary/aromatic N) is 1. The van der Waals surface area contributed by atoms with E-state index in [1.54, 1.807) is 57.6 Å². The number of rotatable bonds is 6. The highest BCUT2D eigenvalue weighted by atomic mass is 16.5. The lowest BCUT2D eigenvalue weighted by molar-refractivity contribution is -0.156. The fourth-order valence-electron chi connectivity index (χ4n) is 6.08. The number of fused-ring (bicyclic) bond motifs is 3. The molecule has 1 amide bonds. The normalized spacial score (nSPS) is 27.6. The average molecular weight is 506 g/mol. The Labute approximate surface area is 216 Å². The van der Waals surface area contributed by atoms with Crippen LogP contribution in [0.15, 0.2) is 66.7 Å². The number of aliphatic hydroxyl groups excluding tert-OH is 1. The maximum Gasteiger partial charge on any atom is 0.228 e. The predicted molar refractivity (Wildman–Crippen MR) is 136 cm³/mol. The molecule has 37 heavy (non-hydrogen) atoms. The van der Waals surface area contributed by atoms with Gasteiger partial charge in [0.05, 0.1) is 32.8 Å². The summed E-state index contributed by atoms with van der Waals surface area (Å²) in [4.78, 5) is 15.1. The van der Waals surface area contributed by atoms with Crippen molar-refractivity contribution < 1.29 is 34.0 Å². The maximum atomic E-state index is 13.7. The molecule has 1 fully saturated rings. The van der Waals surface area contributed by atoms with E-state index in [1.165, 1.54) is 19.1 Å². The summed E-state index contributed by atoms with van der Waals surface area (Å²) in [5.41, 5.74) is -2.04. The minimum Gasteiger partial charge on any atom is -0.497 e. The minimum atomic E-state index is -2.05. The second-order valence-corrected chi connectivity index (χ2v) is 9.63. The molecular weight excluding hydrogens is 474 g/mol. The van der Waals surface area contributed by atoms with Crippen LogP contribution in [0.4, 0.5) is 0 Å². The smallest absolute Gasteiger partial charge is 0.228 e. The van der Waals surface area contributed by atoms with E-state index >= 15 is 0 Å². The zero-order chi connectivity index (χ0) is 26.5. The molecule has 1 aliphatic heterocycles. The van der Waals surface area contributed by atoms with E-state index in [2.05, 4.69) is 0 Å². The van der Waals surface area contributed by atoms with Gasteiger partial charge >= 0.3 is 0 Å². The zero-order valence-electron chi connectivity index (χ0n) is 21.5. The highest BCUT2D eigenvalue weighted by molar-refractivity contribution is 5.83. The van der Waals surface area contributed by atoms with Gasteiger partial charge in [-0.15, -0.1) is 0 Å². The van der Waals surface area contributed by atoms with E-state index < -0.39 is 29.1 Å². The third kappa shape index (κ3) is 3.32. The van der Waals surface area contributed by atoms with Gasteiger partial charge in [0, 0.05) is 32.1 Å². The van der Waals surface area contributed by atoms with Crippen LogP contribution in [-0.4, -0.2) is 62.5 Å². The van der Waals surface area contributed by atoms with Crippen LogP contribution in [0, 0.1) is 5.92 Å². The zero-order valence-corrected chi connectivity index (χ0v) is 21.5. The Morgan fingerprint density at radius 2 is 1.57 bits per heavy atom. The molecule has 1 saturated carbocycles. The lowest BCUT2D eigenvalue weighted by Gasteiger charge is -2.41. The molecule has 2 aliphatic rings. The molecule has 3 aromatic rings. The molecular formula is C29H31NO7. The van der Waals surface area contributed by atoms with Crippen LogP contribution >= 0.6 is 0 Å². The molecule has 5 rings (SSSR count). The largest absolute Gasteiger partial charge is 0.497 e. The summed E-state index contributed by atoms with van der Waals surface area (Å²) in [6.07, 6.45) is -1.53. The lowest BCUT2D eigenvalue weighted by Crippen LogP contribution is -2.52. The molecule has 8 nitrogen and oxygen atoms in total. The molecule has 1 heterocycles.